The van der Waals surface area contributed by atoms with Gasteiger partial charge < -0.3 is 9.13 Å². The summed E-state index contributed by atoms with van der Waals surface area (Å²) in [5, 5.41) is 3.07. The fraction of sp³-hybridized carbons (Fsp3) is 0.0588. The normalized spacial score (nSPS) is 12.1. The van der Waals surface area contributed by atoms with Crippen LogP contribution in [0.3, 0.4) is 0 Å². The predicted octanol–water partition coefficient (Wildman–Crippen LogP) is 14.8. The maximum absolute atomic E-state index is 16.2. The molecule has 282 valence electrons. The van der Waals surface area contributed by atoms with E-state index in [1.54, 1.807) is 21.3 Å². The van der Waals surface area contributed by atoms with Gasteiger partial charge in [0.25, 0.3) is 0 Å². The topological polar surface area (TPSA) is 9.86 Å². The van der Waals surface area contributed by atoms with E-state index in [0.717, 1.165) is 73.1 Å². The van der Waals surface area contributed by atoms with E-state index in [1.165, 1.54) is 12.1 Å². The van der Waals surface area contributed by atoms with Gasteiger partial charge in [-0.15, -0.1) is 0 Å². The van der Waals surface area contributed by atoms with E-state index >= 15 is 13.2 Å². The molecule has 0 aliphatic rings. The lowest BCUT2D eigenvalue weighted by atomic mass is 9.98. The maximum Gasteiger partial charge on any atom is 0.420 e. The minimum Gasteiger partial charge on any atom is -0.309 e. The van der Waals surface area contributed by atoms with Gasteiger partial charge >= 0.3 is 6.18 Å². The highest BCUT2D eigenvalue weighted by Crippen LogP contribution is 2.47. The number of aryl methyl sites for hydroxylation is 2. The number of nitrogens with zero attached hydrogens (tertiary/aromatic N) is 2. The van der Waals surface area contributed by atoms with Crippen molar-refractivity contribution in [1.82, 2.24) is 9.13 Å². The van der Waals surface area contributed by atoms with Crippen LogP contribution in [0.5, 0.6) is 0 Å². The summed E-state index contributed by atoms with van der Waals surface area (Å²) in [7, 11) is 0. The van der Waals surface area contributed by atoms with E-state index in [0.29, 0.717) is 22.1 Å². The largest absolute Gasteiger partial charge is 0.420 e. The SMILES string of the molecule is Cc1ccc(-c2ccc3c(c2)c2ccccc2n3-c2cc(-c3cc(F)cc(F)c3)cc(-n3c4ccccc4c4cc(-c5ccc(C)cc5)ccc43)c2C(F)(F)F)cc1. The molecule has 0 saturated heterocycles. The molecule has 7 heteroatoms. The zero-order chi connectivity index (χ0) is 39.9. The van der Waals surface area contributed by atoms with Crippen LogP contribution in [-0.4, -0.2) is 9.13 Å². The van der Waals surface area contributed by atoms with E-state index in [2.05, 4.69) is 0 Å². The molecule has 58 heavy (non-hydrogen) atoms. The number of benzene rings is 8. The molecule has 10 aromatic rings. The van der Waals surface area contributed by atoms with Crippen LogP contribution in [0.15, 0.2) is 164 Å². The number of rotatable bonds is 5. The molecule has 2 aromatic heterocycles. The van der Waals surface area contributed by atoms with Gasteiger partial charge in [0.2, 0.25) is 0 Å². The third-order valence-corrected chi connectivity index (χ3v) is 11.2. The highest BCUT2D eigenvalue weighted by molar-refractivity contribution is 6.12. The van der Waals surface area contributed by atoms with E-state index in [1.807, 2.05) is 135 Å². The van der Waals surface area contributed by atoms with Crippen molar-refractivity contribution < 1.29 is 22.0 Å². The molecule has 0 unspecified atom stereocenters. The van der Waals surface area contributed by atoms with E-state index in [9.17, 15) is 8.78 Å². The molecule has 8 aromatic carbocycles. The Balaban J connectivity index is 1.33. The van der Waals surface area contributed by atoms with Crippen molar-refractivity contribution in [3.63, 3.8) is 0 Å². The second-order valence-corrected chi connectivity index (χ2v) is 14.9. The first-order valence-electron chi connectivity index (χ1n) is 18.9. The van der Waals surface area contributed by atoms with Crippen LogP contribution in [0, 0.1) is 25.5 Å². The summed E-state index contributed by atoms with van der Waals surface area (Å²) in [6.07, 6.45) is -4.88. The van der Waals surface area contributed by atoms with E-state index in [4.69, 9.17) is 0 Å². The summed E-state index contributed by atoms with van der Waals surface area (Å²) < 4.78 is 81.9. The highest BCUT2D eigenvalue weighted by Gasteiger charge is 2.39. The molecule has 0 spiro atoms. The molecule has 0 N–H and O–H groups in total. The number of halogens is 5. The Bertz CT molecular complexity index is 3040. The minimum absolute atomic E-state index is 0.110. The second kappa shape index (κ2) is 13.3. The Morgan fingerprint density at radius 1 is 0.362 bits per heavy atom. The molecule has 2 nitrogen and oxygen atoms in total. The number of hydrogen-bond acceptors (Lipinski definition) is 0. The summed E-state index contributed by atoms with van der Waals surface area (Å²) in [6.45, 7) is 4.03. The molecule has 0 fully saturated rings. The standard InChI is InChI=1S/C51H33F5N2/c1-30-11-15-32(16-12-30)34-19-21-46-42(25-34)40-7-3-5-9-44(40)57(46)48-27-37(36-23-38(52)29-39(53)24-36)28-49(50(48)51(54,55)56)58-45-10-6-4-8-41(45)43-26-35(20-22-47(43)58)33-17-13-31(2)14-18-33/h3-29H,1-2H3. The lowest BCUT2D eigenvalue weighted by Gasteiger charge is -2.23. The quantitative estimate of drug-likeness (QED) is 0.154. The second-order valence-electron chi connectivity index (χ2n) is 14.9. The van der Waals surface area contributed by atoms with Crippen molar-refractivity contribution in [2.45, 2.75) is 20.0 Å². The maximum atomic E-state index is 16.2. The van der Waals surface area contributed by atoms with Crippen molar-refractivity contribution in [2.75, 3.05) is 0 Å². The lowest BCUT2D eigenvalue weighted by Crippen LogP contribution is -2.16. The fourth-order valence-corrected chi connectivity index (χ4v) is 8.46. The Labute approximate surface area is 330 Å². The summed E-state index contributed by atoms with van der Waals surface area (Å²) in [4.78, 5) is 0. The molecule has 10 rings (SSSR count). The van der Waals surface area contributed by atoms with Crippen molar-refractivity contribution in [1.29, 1.82) is 0 Å². The Hall–Kier alpha value is -6.99. The summed E-state index contributed by atoms with van der Waals surface area (Å²) in [5.41, 5.74) is 7.38. The zero-order valence-electron chi connectivity index (χ0n) is 31.4. The Kier molecular flexibility index (Phi) is 8.13. The lowest BCUT2D eigenvalue weighted by molar-refractivity contribution is -0.137. The van der Waals surface area contributed by atoms with Gasteiger partial charge in [0, 0.05) is 27.6 Å². The van der Waals surface area contributed by atoms with Gasteiger partial charge in [0.1, 0.15) is 17.2 Å². The van der Waals surface area contributed by atoms with Crippen molar-refractivity contribution in [3.05, 3.63) is 192 Å². The van der Waals surface area contributed by atoms with Crippen LogP contribution in [-0.2, 0) is 6.18 Å². The number of alkyl halides is 3. The predicted molar refractivity (Wildman–Crippen MR) is 226 cm³/mol. The fourth-order valence-electron chi connectivity index (χ4n) is 8.46. The van der Waals surface area contributed by atoms with Gasteiger partial charge in [-0.1, -0.05) is 108 Å². The molecule has 0 aliphatic heterocycles. The van der Waals surface area contributed by atoms with Crippen molar-refractivity contribution >= 4 is 43.6 Å². The summed E-state index contributed by atoms with van der Waals surface area (Å²) >= 11 is 0. The zero-order valence-corrected chi connectivity index (χ0v) is 31.4. The minimum atomic E-state index is -4.88. The average Bonchev–Trinajstić information content (AvgIpc) is 3.72. The van der Waals surface area contributed by atoms with Gasteiger partial charge in [-0.25, -0.2) is 8.78 Å². The van der Waals surface area contributed by atoms with Gasteiger partial charge in [-0.05, 0) is 108 Å². The molecule has 0 atom stereocenters. The number of hydrogen-bond donors (Lipinski definition) is 0. The third-order valence-electron chi connectivity index (χ3n) is 11.2. The van der Waals surface area contributed by atoms with Gasteiger partial charge in [0.15, 0.2) is 0 Å². The van der Waals surface area contributed by atoms with Crippen LogP contribution in [0.2, 0.25) is 0 Å². The summed E-state index contributed by atoms with van der Waals surface area (Å²) in [6, 6.07) is 48.4. The Morgan fingerprint density at radius 2 is 0.741 bits per heavy atom. The monoisotopic (exact) mass is 768 g/mol. The van der Waals surface area contributed by atoms with Crippen molar-refractivity contribution in [2.24, 2.45) is 0 Å². The van der Waals surface area contributed by atoms with Gasteiger partial charge in [-0.2, -0.15) is 13.2 Å². The molecule has 2 heterocycles. The van der Waals surface area contributed by atoms with E-state index < -0.39 is 23.4 Å². The molecular weight excluding hydrogens is 736 g/mol. The van der Waals surface area contributed by atoms with Gasteiger partial charge in [-0.3, -0.25) is 0 Å². The molecule has 0 bridgehead atoms. The molecule has 0 amide bonds. The number of para-hydroxylation sites is 2. The smallest absolute Gasteiger partial charge is 0.309 e. The summed E-state index contributed by atoms with van der Waals surface area (Å²) in [5.74, 6) is -1.67. The van der Waals surface area contributed by atoms with Gasteiger partial charge in [0.05, 0.1) is 33.4 Å². The number of fused-ring (bicyclic) bond motifs is 6. The number of aromatic nitrogens is 2. The molecule has 0 radical (unpaired) electrons. The first-order chi connectivity index (χ1) is 28.0. The average molecular weight is 769 g/mol. The Morgan fingerprint density at radius 3 is 1.17 bits per heavy atom. The van der Waals surface area contributed by atoms with Crippen LogP contribution < -0.4 is 0 Å². The van der Waals surface area contributed by atoms with Crippen LogP contribution in [0.25, 0.3) is 88.4 Å². The van der Waals surface area contributed by atoms with Crippen LogP contribution >= 0.6 is 0 Å². The molecule has 0 aliphatic carbocycles. The first-order valence-corrected chi connectivity index (χ1v) is 18.9. The highest BCUT2D eigenvalue weighted by atomic mass is 19.4. The molecular formula is C51H33F5N2. The third kappa shape index (κ3) is 5.85. The van der Waals surface area contributed by atoms with Crippen LogP contribution in [0.1, 0.15) is 16.7 Å². The van der Waals surface area contributed by atoms with Crippen molar-refractivity contribution in [3.8, 4) is 44.8 Å². The van der Waals surface area contributed by atoms with E-state index in [-0.39, 0.29) is 22.5 Å². The first kappa shape index (κ1) is 35.4. The van der Waals surface area contributed by atoms with Crippen LogP contribution in [0.4, 0.5) is 22.0 Å². The molecule has 0 saturated carbocycles.